The highest BCUT2D eigenvalue weighted by Crippen LogP contribution is 2.48. The molecule has 0 saturated heterocycles. The quantitative estimate of drug-likeness (QED) is 0.690. The lowest BCUT2D eigenvalue weighted by Gasteiger charge is -2.26. The fourth-order valence-electron chi connectivity index (χ4n) is 2.69. The van der Waals surface area contributed by atoms with Crippen LogP contribution in [-0.4, -0.2) is 22.2 Å². The van der Waals surface area contributed by atoms with Crippen LogP contribution in [0.2, 0.25) is 0 Å². The summed E-state index contributed by atoms with van der Waals surface area (Å²) in [7, 11) is 0. The molecule has 9 heteroatoms. The molecule has 0 amide bonds. The van der Waals surface area contributed by atoms with Crippen LogP contribution in [0.4, 0.5) is 22.0 Å². The molecule has 0 saturated carbocycles. The predicted molar refractivity (Wildman–Crippen MR) is 77.9 cm³/mol. The van der Waals surface area contributed by atoms with E-state index in [1.807, 2.05) is 0 Å². The van der Waals surface area contributed by atoms with Gasteiger partial charge in [-0.1, -0.05) is 12.1 Å². The van der Waals surface area contributed by atoms with Gasteiger partial charge in [0.15, 0.2) is 0 Å². The molecular weight excluding hydrogens is 347 g/mol. The van der Waals surface area contributed by atoms with Gasteiger partial charge >= 0.3 is 6.18 Å². The Bertz CT molecular complexity index is 944. The summed E-state index contributed by atoms with van der Waals surface area (Å²) in [4.78, 5) is 11.3. The van der Waals surface area contributed by atoms with E-state index in [0.717, 1.165) is 13.0 Å². The molecule has 25 heavy (non-hydrogen) atoms. The Balaban J connectivity index is 2.31. The van der Waals surface area contributed by atoms with Gasteiger partial charge in [0.1, 0.15) is 11.5 Å². The number of ketones is 1. The number of benzene rings is 1. The van der Waals surface area contributed by atoms with Crippen LogP contribution in [0.5, 0.6) is 0 Å². The summed E-state index contributed by atoms with van der Waals surface area (Å²) >= 11 is 0. The Hall–Kier alpha value is -2.71. The summed E-state index contributed by atoms with van der Waals surface area (Å²) in [5.41, 5.74) is -4.83. The number of Topliss-reactive ketones (excluding diaryl/α,β-unsaturated/α-hetero) is 1. The number of fused-ring (bicyclic) bond motifs is 1. The van der Waals surface area contributed by atoms with E-state index in [1.165, 1.54) is 24.3 Å². The van der Waals surface area contributed by atoms with Crippen LogP contribution in [0.1, 0.15) is 19.0 Å². The molecule has 2 heterocycles. The molecular formula is C16H11F5N2O2. The summed E-state index contributed by atoms with van der Waals surface area (Å²) in [5, 5.41) is 5.51. The molecule has 0 aliphatic rings. The van der Waals surface area contributed by atoms with Crippen LogP contribution in [0.25, 0.3) is 22.2 Å². The zero-order valence-corrected chi connectivity index (χ0v) is 12.7. The summed E-state index contributed by atoms with van der Waals surface area (Å²) in [5.74, 6) is -1.07. The maximum Gasteiger partial charge on any atom is 0.428 e. The number of hydrogen-bond acceptors (Lipinski definition) is 3. The molecule has 3 aromatic rings. The average molecular weight is 358 g/mol. The zero-order chi connectivity index (χ0) is 18.4. The number of nitrogens with one attached hydrogen (secondary N) is 1. The van der Waals surface area contributed by atoms with Gasteiger partial charge in [-0.15, -0.1) is 0 Å². The Kier molecular flexibility index (Phi) is 3.89. The number of carbonyl (C=O) groups is 1. The molecule has 1 unspecified atom stereocenters. The minimum atomic E-state index is -5.36. The van der Waals surface area contributed by atoms with E-state index in [1.54, 1.807) is 0 Å². The number of nitrogens with zero attached hydrogens (tertiary/aromatic N) is 1. The monoisotopic (exact) mass is 358 g/mol. The van der Waals surface area contributed by atoms with E-state index in [9.17, 15) is 22.4 Å². The van der Waals surface area contributed by atoms with E-state index in [-0.39, 0.29) is 22.2 Å². The number of furan rings is 1. The first-order chi connectivity index (χ1) is 11.6. The number of aromatic amines is 1. The molecule has 0 fully saturated rings. The molecule has 0 aliphatic heterocycles. The summed E-state index contributed by atoms with van der Waals surface area (Å²) in [6, 6.07) is 5.42. The van der Waals surface area contributed by atoms with Gasteiger partial charge in [-0.3, -0.25) is 9.89 Å². The topological polar surface area (TPSA) is 58.9 Å². The highest BCUT2D eigenvalue weighted by atomic mass is 19.4. The number of rotatable bonds is 4. The number of carbonyl (C=O) groups excluding carboxylic acids is 1. The van der Waals surface area contributed by atoms with Crippen molar-refractivity contribution in [2.75, 3.05) is 0 Å². The Morgan fingerprint density at radius 1 is 1.20 bits per heavy atom. The number of aromatic nitrogens is 2. The molecule has 0 radical (unpaired) electrons. The highest BCUT2D eigenvalue weighted by molar-refractivity contribution is 5.96. The van der Waals surface area contributed by atoms with Crippen molar-refractivity contribution in [1.82, 2.24) is 10.2 Å². The van der Waals surface area contributed by atoms with Gasteiger partial charge in [0.05, 0.1) is 17.6 Å². The molecule has 1 atom stereocenters. The van der Waals surface area contributed by atoms with Crippen LogP contribution in [0.15, 0.2) is 34.7 Å². The standard InChI is InChI=1S/C16H11F5N2O2/c1-8(24)7-15(18,16(19,20)21)14-13-9(11-5-6-12(17)25-11)3-2-4-10(13)22-23-14/h2-6H,7H2,1H3,(H,22,23). The van der Waals surface area contributed by atoms with Gasteiger partial charge < -0.3 is 4.42 Å². The second-order valence-electron chi connectivity index (χ2n) is 5.58. The van der Waals surface area contributed by atoms with Crippen molar-refractivity contribution in [3.63, 3.8) is 0 Å². The predicted octanol–water partition coefficient (Wildman–Crippen LogP) is 4.67. The van der Waals surface area contributed by atoms with Crippen molar-refractivity contribution < 1.29 is 31.2 Å². The van der Waals surface area contributed by atoms with E-state index in [0.29, 0.717) is 0 Å². The van der Waals surface area contributed by atoms with Gasteiger partial charge in [0, 0.05) is 17.0 Å². The lowest BCUT2D eigenvalue weighted by molar-refractivity contribution is -0.237. The summed E-state index contributed by atoms with van der Waals surface area (Å²) in [6.45, 7) is 0.863. The average Bonchev–Trinajstić information content (AvgIpc) is 3.11. The smallest absolute Gasteiger partial charge is 0.428 e. The molecule has 4 nitrogen and oxygen atoms in total. The fraction of sp³-hybridized carbons (Fsp3) is 0.250. The third kappa shape index (κ3) is 2.79. The molecule has 0 aliphatic carbocycles. The molecule has 0 spiro atoms. The second-order valence-corrected chi connectivity index (χ2v) is 5.58. The normalized spacial score (nSPS) is 14.6. The maximum atomic E-state index is 15.0. The van der Waals surface area contributed by atoms with Gasteiger partial charge in [-0.05, 0) is 19.1 Å². The van der Waals surface area contributed by atoms with Crippen LogP contribution in [0.3, 0.4) is 0 Å². The first-order valence-corrected chi connectivity index (χ1v) is 7.12. The van der Waals surface area contributed by atoms with E-state index in [2.05, 4.69) is 10.2 Å². The lowest BCUT2D eigenvalue weighted by Crippen LogP contribution is -2.40. The van der Waals surface area contributed by atoms with Gasteiger partial charge in [-0.2, -0.15) is 22.7 Å². The zero-order valence-electron chi connectivity index (χ0n) is 12.7. The summed E-state index contributed by atoms with van der Waals surface area (Å²) < 4.78 is 73.3. The minimum absolute atomic E-state index is 0.0270. The maximum absolute atomic E-state index is 15.0. The van der Waals surface area contributed by atoms with E-state index >= 15 is 4.39 Å². The van der Waals surface area contributed by atoms with Crippen molar-refractivity contribution in [3.05, 3.63) is 42.0 Å². The third-order valence-electron chi connectivity index (χ3n) is 3.76. The Labute approximate surface area is 137 Å². The van der Waals surface area contributed by atoms with Crippen LogP contribution >= 0.6 is 0 Å². The van der Waals surface area contributed by atoms with Gasteiger partial charge in [0.2, 0.25) is 0 Å². The molecule has 0 bridgehead atoms. The number of halogens is 5. The second kappa shape index (κ2) is 5.68. The van der Waals surface area contributed by atoms with Crippen LogP contribution < -0.4 is 0 Å². The van der Waals surface area contributed by atoms with Gasteiger partial charge in [0.25, 0.3) is 11.7 Å². The minimum Gasteiger partial charge on any atom is -0.431 e. The molecule has 1 N–H and O–H groups in total. The van der Waals surface area contributed by atoms with Crippen molar-refractivity contribution in [2.45, 2.75) is 25.2 Å². The lowest BCUT2D eigenvalue weighted by atomic mass is 9.90. The van der Waals surface area contributed by atoms with E-state index < -0.39 is 35.8 Å². The first-order valence-electron chi connectivity index (χ1n) is 7.12. The number of H-pyrrole nitrogens is 1. The third-order valence-corrected chi connectivity index (χ3v) is 3.76. The number of hydrogen-bond donors (Lipinski definition) is 1. The van der Waals surface area contributed by atoms with Gasteiger partial charge in [-0.25, -0.2) is 4.39 Å². The molecule has 1 aromatic carbocycles. The van der Waals surface area contributed by atoms with E-state index in [4.69, 9.17) is 4.42 Å². The van der Waals surface area contributed by atoms with Crippen LogP contribution in [-0.2, 0) is 10.5 Å². The van der Waals surface area contributed by atoms with Crippen molar-refractivity contribution in [1.29, 1.82) is 0 Å². The highest BCUT2D eigenvalue weighted by Gasteiger charge is 2.59. The van der Waals surface area contributed by atoms with Crippen LogP contribution in [0, 0.1) is 6.01 Å². The molecule has 132 valence electrons. The van der Waals surface area contributed by atoms with Crippen molar-refractivity contribution in [2.24, 2.45) is 0 Å². The molecule has 3 rings (SSSR count). The van der Waals surface area contributed by atoms with Crippen molar-refractivity contribution >= 4 is 16.7 Å². The largest absolute Gasteiger partial charge is 0.431 e. The number of alkyl halides is 4. The molecule has 2 aromatic heterocycles. The SMILES string of the molecule is CC(=O)CC(F)(c1[nH]nc2cccc(-c3ccc(F)o3)c12)C(F)(F)F. The fourth-order valence-corrected chi connectivity index (χ4v) is 2.69. The Morgan fingerprint density at radius 2 is 1.92 bits per heavy atom. The Morgan fingerprint density at radius 3 is 2.48 bits per heavy atom. The van der Waals surface area contributed by atoms with Crippen molar-refractivity contribution in [3.8, 4) is 11.3 Å². The summed E-state index contributed by atoms with van der Waals surface area (Å²) in [6.07, 6.45) is -6.77. The first kappa shape index (κ1) is 17.1.